The van der Waals surface area contributed by atoms with Crippen molar-refractivity contribution in [3.05, 3.63) is 30.2 Å². The Hall–Kier alpha value is -1.78. The third-order valence-corrected chi connectivity index (χ3v) is 1.79. The summed E-state index contributed by atoms with van der Waals surface area (Å²) in [4.78, 5) is 10.7. The van der Waals surface area contributed by atoms with E-state index in [1.807, 2.05) is 24.0 Å². The maximum absolute atomic E-state index is 10.7. The van der Waals surface area contributed by atoms with Gasteiger partial charge in [-0.05, 0) is 12.5 Å². The third-order valence-electron chi connectivity index (χ3n) is 1.79. The Morgan fingerprint density at radius 2 is 2.53 bits per heavy atom. The number of aryl methyl sites for hydroxylation is 1. The number of methoxy groups -OCH3 is 1. The smallest absolute Gasteiger partial charge is 0.331 e. The molecule has 82 valence electrons. The molecule has 1 rings (SSSR count). The van der Waals surface area contributed by atoms with Gasteiger partial charge >= 0.3 is 5.97 Å². The lowest BCUT2D eigenvalue weighted by Crippen LogP contribution is -2.15. The van der Waals surface area contributed by atoms with E-state index in [-0.39, 0.29) is 5.97 Å². The highest BCUT2D eigenvalue weighted by molar-refractivity contribution is 5.81. The molecule has 0 aliphatic heterocycles. The average molecular weight is 209 g/mol. The minimum atomic E-state index is -0.363. The van der Waals surface area contributed by atoms with Crippen LogP contribution in [0.1, 0.15) is 5.56 Å². The van der Waals surface area contributed by atoms with Gasteiger partial charge in [0.2, 0.25) is 0 Å². The summed E-state index contributed by atoms with van der Waals surface area (Å²) in [7, 11) is 1.35. The number of nitrogens with one attached hydrogen (secondary N) is 1. The van der Waals surface area contributed by atoms with Crippen LogP contribution in [0, 0.1) is 6.92 Å². The Kier molecular flexibility index (Phi) is 4.40. The lowest BCUT2D eigenvalue weighted by atomic mass is 10.4. The van der Waals surface area contributed by atoms with Gasteiger partial charge in [0.15, 0.2) is 0 Å². The molecule has 0 amide bonds. The highest BCUT2D eigenvalue weighted by Crippen LogP contribution is 1.92. The molecule has 5 heteroatoms. The van der Waals surface area contributed by atoms with Crippen molar-refractivity contribution in [2.75, 3.05) is 13.7 Å². The zero-order chi connectivity index (χ0) is 11.1. The van der Waals surface area contributed by atoms with Crippen molar-refractivity contribution in [2.45, 2.75) is 13.5 Å². The second-order valence-electron chi connectivity index (χ2n) is 3.09. The summed E-state index contributed by atoms with van der Waals surface area (Å²) in [5.74, 6) is -0.363. The van der Waals surface area contributed by atoms with Crippen LogP contribution in [0.25, 0.3) is 0 Å². The maximum Gasteiger partial charge on any atom is 0.331 e. The topological polar surface area (TPSA) is 56.1 Å². The van der Waals surface area contributed by atoms with E-state index in [1.165, 1.54) is 13.2 Å². The zero-order valence-electron chi connectivity index (χ0n) is 8.93. The number of nitrogens with zero attached hydrogens (tertiary/aromatic N) is 2. The molecule has 0 aliphatic carbocycles. The van der Waals surface area contributed by atoms with Crippen molar-refractivity contribution in [1.82, 2.24) is 15.1 Å². The van der Waals surface area contributed by atoms with E-state index in [1.54, 1.807) is 6.20 Å². The van der Waals surface area contributed by atoms with Gasteiger partial charge in [-0.3, -0.25) is 4.68 Å². The normalized spacial score (nSPS) is 10.5. The first-order chi connectivity index (χ1) is 7.22. The predicted molar refractivity (Wildman–Crippen MR) is 56.1 cm³/mol. The SMILES string of the molecule is COC(=O)/C=C/NCCn1cc(C)cn1. The van der Waals surface area contributed by atoms with Crippen LogP contribution in [0.3, 0.4) is 0 Å². The minimum Gasteiger partial charge on any atom is -0.466 e. The molecule has 0 atom stereocenters. The Bertz CT molecular complexity index is 344. The molecule has 0 unspecified atom stereocenters. The number of esters is 1. The first kappa shape index (κ1) is 11.3. The summed E-state index contributed by atoms with van der Waals surface area (Å²) in [5, 5.41) is 7.09. The molecule has 0 spiro atoms. The first-order valence-electron chi connectivity index (χ1n) is 4.69. The van der Waals surface area contributed by atoms with E-state index < -0.39 is 0 Å². The monoisotopic (exact) mass is 209 g/mol. The number of carbonyl (C=O) groups excluding carboxylic acids is 1. The number of carbonyl (C=O) groups is 1. The molecule has 5 nitrogen and oxygen atoms in total. The molecule has 0 saturated heterocycles. The molecule has 1 aromatic rings. The fraction of sp³-hybridized carbons (Fsp3) is 0.400. The van der Waals surface area contributed by atoms with Gasteiger partial charge in [-0.25, -0.2) is 4.79 Å². The number of aromatic nitrogens is 2. The standard InChI is InChI=1S/C10H15N3O2/c1-9-7-12-13(8-9)6-5-11-4-3-10(14)15-2/h3-4,7-8,11H,5-6H2,1-2H3/b4-3+. The number of hydrogen-bond donors (Lipinski definition) is 1. The molecule has 1 heterocycles. The Balaban J connectivity index is 2.17. The number of hydrogen-bond acceptors (Lipinski definition) is 4. The van der Waals surface area contributed by atoms with E-state index in [0.717, 1.165) is 12.1 Å². The summed E-state index contributed by atoms with van der Waals surface area (Å²) >= 11 is 0. The first-order valence-corrected chi connectivity index (χ1v) is 4.69. The predicted octanol–water partition coefficient (Wildman–Crippen LogP) is 0.468. The van der Waals surface area contributed by atoms with Gasteiger partial charge < -0.3 is 10.1 Å². The van der Waals surface area contributed by atoms with Crippen LogP contribution in [-0.4, -0.2) is 29.4 Å². The second-order valence-corrected chi connectivity index (χ2v) is 3.09. The molecule has 0 aliphatic rings. The second kappa shape index (κ2) is 5.85. The van der Waals surface area contributed by atoms with E-state index >= 15 is 0 Å². The Morgan fingerprint density at radius 1 is 1.73 bits per heavy atom. The largest absolute Gasteiger partial charge is 0.466 e. The van der Waals surface area contributed by atoms with E-state index in [4.69, 9.17) is 0 Å². The van der Waals surface area contributed by atoms with Gasteiger partial charge in [0, 0.05) is 25.0 Å². The molecule has 1 aromatic heterocycles. The van der Waals surface area contributed by atoms with E-state index in [0.29, 0.717) is 6.54 Å². The summed E-state index contributed by atoms with van der Waals surface area (Å²) in [6, 6.07) is 0. The van der Waals surface area contributed by atoms with Gasteiger partial charge in [-0.15, -0.1) is 0 Å². The van der Waals surface area contributed by atoms with E-state index in [9.17, 15) is 4.79 Å². The number of rotatable bonds is 5. The average Bonchev–Trinajstić information content (AvgIpc) is 2.63. The molecule has 0 fully saturated rings. The van der Waals surface area contributed by atoms with Crippen molar-refractivity contribution in [1.29, 1.82) is 0 Å². The summed E-state index contributed by atoms with van der Waals surface area (Å²) in [5.41, 5.74) is 1.14. The molecule has 0 saturated carbocycles. The molecule has 0 radical (unpaired) electrons. The van der Waals surface area contributed by atoms with Crippen LogP contribution in [0.2, 0.25) is 0 Å². The fourth-order valence-corrected chi connectivity index (χ4v) is 1.05. The van der Waals surface area contributed by atoms with Gasteiger partial charge in [-0.1, -0.05) is 0 Å². The van der Waals surface area contributed by atoms with Crippen LogP contribution in [0.4, 0.5) is 0 Å². The van der Waals surface area contributed by atoms with Gasteiger partial charge in [0.1, 0.15) is 0 Å². The highest BCUT2D eigenvalue weighted by Gasteiger charge is 1.92. The summed E-state index contributed by atoms with van der Waals surface area (Å²) in [6.07, 6.45) is 6.69. The summed E-state index contributed by atoms with van der Waals surface area (Å²) < 4.78 is 6.28. The lowest BCUT2D eigenvalue weighted by molar-refractivity contribution is -0.134. The molecular formula is C10H15N3O2. The van der Waals surface area contributed by atoms with Crippen molar-refractivity contribution in [2.24, 2.45) is 0 Å². The maximum atomic E-state index is 10.7. The lowest BCUT2D eigenvalue weighted by Gasteiger charge is -2.00. The van der Waals surface area contributed by atoms with Gasteiger partial charge in [0.05, 0.1) is 19.9 Å². The van der Waals surface area contributed by atoms with Crippen LogP contribution in [0.15, 0.2) is 24.7 Å². The van der Waals surface area contributed by atoms with Crippen LogP contribution >= 0.6 is 0 Å². The van der Waals surface area contributed by atoms with Crippen LogP contribution in [-0.2, 0) is 16.1 Å². The minimum absolute atomic E-state index is 0.363. The molecule has 0 aromatic carbocycles. The molecule has 15 heavy (non-hydrogen) atoms. The molecule has 1 N–H and O–H groups in total. The van der Waals surface area contributed by atoms with Crippen molar-refractivity contribution >= 4 is 5.97 Å². The quantitative estimate of drug-likeness (QED) is 0.435. The molecule has 0 bridgehead atoms. The number of ether oxygens (including phenoxy) is 1. The van der Waals surface area contributed by atoms with Crippen molar-refractivity contribution < 1.29 is 9.53 Å². The van der Waals surface area contributed by atoms with Crippen LogP contribution < -0.4 is 5.32 Å². The highest BCUT2D eigenvalue weighted by atomic mass is 16.5. The third kappa shape index (κ3) is 4.30. The van der Waals surface area contributed by atoms with Gasteiger partial charge in [-0.2, -0.15) is 5.10 Å². The molecular weight excluding hydrogens is 194 g/mol. The zero-order valence-corrected chi connectivity index (χ0v) is 8.93. The summed E-state index contributed by atoms with van der Waals surface area (Å²) in [6.45, 7) is 3.47. The Morgan fingerprint density at radius 3 is 3.13 bits per heavy atom. The fourth-order valence-electron chi connectivity index (χ4n) is 1.05. The van der Waals surface area contributed by atoms with E-state index in [2.05, 4.69) is 15.2 Å². The van der Waals surface area contributed by atoms with Crippen molar-refractivity contribution in [3.63, 3.8) is 0 Å². The Labute approximate surface area is 88.7 Å². The van der Waals surface area contributed by atoms with Crippen molar-refractivity contribution in [3.8, 4) is 0 Å². The van der Waals surface area contributed by atoms with Gasteiger partial charge in [0.25, 0.3) is 0 Å². The van der Waals surface area contributed by atoms with Crippen LogP contribution in [0.5, 0.6) is 0 Å².